The lowest BCUT2D eigenvalue weighted by Crippen LogP contribution is -2.20. The van der Waals surface area contributed by atoms with Gasteiger partial charge >= 0.3 is 0 Å². The highest BCUT2D eigenvalue weighted by Gasteiger charge is 2.10. The Bertz CT molecular complexity index is 779. The van der Waals surface area contributed by atoms with E-state index in [-0.39, 0.29) is 11.4 Å². The third-order valence-corrected chi connectivity index (χ3v) is 4.26. The van der Waals surface area contributed by atoms with Crippen molar-refractivity contribution in [1.29, 1.82) is 0 Å². The number of aromatic nitrogens is 1. The lowest BCUT2D eigenvalue weighted by molar-refractivity contribution is -0.363. The maximum absolute atomic E-state index is 13.1. The van der Waals surface area contributed by atoms with Crippen molar-refractivity contribution in [2.45, 2.75) is 11.4 Å². The minimum atomic E-state index is -4.04. The Kier molecular flexibility index (Phi) is 4.72. The van der Waals surface area contributed by atoms with Crippen molar-refractivity contribution in [3.63, 3.8) is 0 Å². The molecule has 1 aromatic heterocycles. The van der Waals surface area contributed by atoms with E-state index < -0.39 is 21.7 Å². The molecule has 0 radical (unpaired) electrons. The van der Waals surface area contributed by atoms with Crippen molar-refractivity contribution in [2.75, 3.05) is 19.0 Å². The van der Waals surface area contributed by atoms with Gasteiger partial charge < -0.3 is 4.72 Å². The number of benzene rings is 1. The largest absolute Gasteiger partial charge is 0.541 e. The molecule has 1 aromatic carbocycles. The Morgan fingerprint density at radius 3 is 2.50 bits per heavy atom. The molecule has 0 bridgehead atoms. The van der Waals surface area contributed by atoms with E-state index in [1.54, 1.807) is 18.3 Å². The molecular weight excluding hydrogens is 312 g/mol. The van der Waals surface area contributed by atoms with Gasteiger partial charge in [0.2, 0.25) is 0 Å². The molecule has 8 heteroatoms. The molecule has 0 aliphatic carbocycles. The molecule has 1 heterocycles. The van der Waals surface area contributed by atoms with E-state index in [2.05, 4.69) is 9.71 Å². The summed E-state index contributed by atoms with van der Waals surface area (Å²) in [5.74, 6) is -1.54. The lowest BCUT2D eigenvalue weighted by atomic mass is 10.2. The highest BCUT2D eigenvalue weighted by atomic mass is 32.2. The summed E-state index contributed by atoms with van der Waals surface area (Å²) in [5, 5.41) is 0. The SMILES string of the molecule is CN(C)c1cc(C[N-]S(=O)(=O)c2ccc(F)c(F)c2)cc[nH+]1. The van der Waals surface area contributed by atoms with Gasteiger partial charge in [-0.05, 0) is 24.3 Å². The van der Waals surface area contributed by atoms with Gasteiger partial charge in [-0.3, -0.25) is 4.90 Å². The van der Waals surface area contributed by atoms with E-state index in [9.17, 15) is 17.2 Å². The van der Waals surface area contributed by atoms with Crippen molar-refractivity contribution in [3.05, 3.63) is 58.4 Å². The van der Waals surface area contributed by atoms with Crippen LogP contribution in [0.1, 0.15) is 5.56 Å². The maximum Gasteiger partial charge on any atom is 0.274 e. The molecule has 0 amide bonds. The van der Waals surface area contributed by atoms with Crippen LogP contribution in [-0.2, 0) is 16.6 Å². The fourth-order valence-electron chi connectivity index (χ4n) is 1.73. The minimum Gasteiger partial charge on any atom is -0.541 e. The van der Waals surface area contributed by atoms with Crippen LogP contribution in [0.15, 0.2) is 41.4 Å². The van der Waals surface area contributed by atoms with E-state index in [0.717, 1.165) is 18.0 Å². The summed E-state index contributed by atoms with van der Waals surface area (Å²) in [7, 11) is -0.360. The fourth-order valence-corrected chi connectivity index (χ4v) is 2.69. The van der Waals surface area contributed by atoms with E-state index in [1.165, 1.54) is 0 Å². The summed E-state index contributed by atoms with van der Waals surface area (Å²) < 4.78 is 53.6. The first-order valence-corrected chi connectivity index (χ1v) is 7.80. The number of nitrogens with zero attached hydrogens (tertiary/aromatic N) is 2. The zero-order valence-electron chi connectivity index (χ0n) is 12.0. The molecule has 0 unspecified atom stereocenters. The number of H-pyrrole nitrogens is 1. The number of anilines is 1. The average molecular weight is 327 g/mol. The van der Waals surface area contributed by atoms with Crippen molar-refractivity contribution in [3.8, 4) is 0 Å². The zero-order valence-corrected chi connectivity index (χ0v) is 12.9. The van der Waals surface area contributed by atoms with Crippen molar-refractivity contribution < 1.29 is 22.2 Å². The number of rotatable bonds is 5. The summed E-state index contributed by atoms with van der Waals surface area (Å²) in [6.07, 6.45) is 1.67. The zero-order chi connectivity index (χ0) is 16.3. The van der Waals surface area contributed by atoms with Gasteiger partial charge in [-0.25, -0.2) is 22.2 Å². The number of aromatic amines is 1. The maximum atomic E-state index is 13.1. The molecule has 0 fully saturated rings. The van der Waals surface area contributed by atoms with E-state index in [4.69, 9.17) is 0 Å². The predicted octanol–water partition coefficient (Wildman–Crippen LogP) is 2.11. The fraction of sp³-hybridized carbons (Fsp3) is 0.214. The van der Waals surface area contributed by atoms with E-state index >= 15 is 0 Å². The molecular formula is C14H15F2N3O2S. The summed E-state index contributed by atoms with van der Waals surface area (Å²) in [6, 6.07) is 5.82. The molecule has 0 atom stereocenters. The lowest BCUT2D eigenvalue weighted by Gasteiger charge is -2.20. The first-order chi connectivity index (χ1) is 10.3. The summed E-state index contributed by atoms with van der Waals surface area (Å²) in [6.45, 7) is -0.0865. The Labute approximate surface area is 127 Å². The Balaban J connectivity index is 2.16. The van der Waals surface area contributed by atoms with Crippen LogP contribution in [0, 0.1) is 11.6 Å². The molecule has 0 aliphatic rings. The van der Waals surface area contributed by atoms with Crippen LogP contribution in [0.4, 0.5) is 14.6 Å². The molecule has 5 nitrogen and oxygen atoms in total. The van der Waals surface area contributed by atoms with Crippen LogP contribution < -0.4 is 9.88 Å². The predicted molar refractivity (Wildman–Crippen MR) is 77.9 cm³/mol. The smallest absolute Gasteiger partial charge is 0.274 e. The molecule has 22 heavy (non-hydrogen) atoms. The first kappa shape index (κ1) is 16.3. The monoisotopic (exact) mass is 327 g/mol. The standard InChI is InChI=1S/C14H14F2N3O2S/c1-19(2)14-7-10(5-6-17-14)9-18-22(20,21)11-3-4-12(15)13(16)8-11/h3-8H,9H2,1-2H3/q-1/p+1. The highest BCUT2D eigenvalue weighted by Crippen LogP contribution is 2.21. The van der Waals surface area contributed by atoms with Gasteiger partial charge in [-0.2, -0.15) is 0 Å². The highest BCUT2D eigenvalue weighted by molar-refractivity contribution is 7.94. The molecule has 2 aromatic rings. The Morgan fingerprint density at radius 1 is 1.14 bits per heavy atom. The van der Waals surface area contributed by atoms with Gasteiger partial charge in [-0.15, -0.1) is 6.54 Å². The molecule has 118 valence electrons. The second-order valence-corrected chi connectivity index (χ2v) is 6.49. The van der Waals surface area contributed by atoms with Crippen molar-refractivity contribution in [2.24, 2.45) is 0 Å². The van der Waals surface area contributed by atoms with Gasteiger partial charge in [-0.1, -0.05) is 5.56 Å². The third-order valence-electron chi connectivity index (χ3n) is 2.94. The van der Waals surface area contributed by atoms with Crippen LogP contribution in [0.25, 0.3) is 4.72 Å². The summed E-state index contributed by atoms with van der Waals surface area (Å²) >= 11 is 0. The first-order valence-electron chi connectivity index (χ1n) is 6.36. The molecule has 0 aliphatic heterocycles. The Morgan fingerprint density at radius 2 is 1.86 bits per heavy atom. The normalized spacial score (nSPS) is 11.5. The van der Waals surface area contributed by atoms with Gasteiger partial charge in [0, 0.05) is 6.07 Å². The molecule has 2 rings (SSSR count). The molecule has 0 saturated carbocycles. The number of halogens is 2. The number of pyridine rings is 1. The third kappa shape index (κ3) is 3.77. The Hall–Kier alpha value is -2.06. The number of sulfonamides is 1. The van der Waals surface area contributed by atoms with Crippen LogP contribution in [-0.4, -0.2) is 22.5 Å². The van der Waals surface area contributed by atoms with Gasteiger partial charge in [0.15, 0.2) is 11.6 Å². The number of nitrogens with one attached hydrogen (secondary N) is 1. The number of hydrogen-bond acceptors (Lipinski definition) is 3. The average Bonchev–Trinajstić information content (AvgIpc) is 2.48. The van der Waals surface area contributed by atoms with Crippen molar-refractivity contribution in [1.82, 2.24) is 0 Å². The second kappa shape index (κ2) is 6.37. The summed E-state index contributed by atoms with van der Waals surface area (Å²) in [4.78, 5) is 4.45. The van der Waals surface area contributed by atoms with Crippen molar-refractivity contribution >= 4 is 15.8 Å². The van der Waals surface area contributed by atoms with Crippen LogP contribution in [0.5, 0.6) is 0 Å². The van der Waals surface area contributed by atoms with E-state index in [1.807, 2.05) is 19.0 Å². The van der Waals surface area contributed by atoms with Crippen LogP contribution >= 0.6 is 0 Å². The molecule has 0 spiro atoms. The summed E-state index contributed by atoms with van der Waals surface area (Å²) in [5.41, 5.74) is 0.675. The molecule has 0 saturated heterocycles. The molecule has 1 N–H and O–H groups in total. The van der Waals surface area contributed by atoms with E-state index in [0.29, 0.717) is 11.6 Å². The van der Waals surface area contributed by atoms with Gasteiger partial charge in [0.05, 0.1) is 25.2 Å². The minimum absolute atomic E-state index is 0.0865. The quantitative estimate of drug-likeness (QED) is 0.845. The van der Waals surface area contributed by atoms with Gasteiger partial charge in [0.25, 0.3) is 5.82 Å². The van der Waals surface area contributed by atoms with Crippen LogP contribution in [0.3, 0.4) is 0 Å². The van der Waals surface area contributed by atoms with Crippen LogP contribution in [0.2, 0.25) is 0 Å². The number of hydrogen-bond donors (Lipinski definition) is 0. The van der Waals surface area contributed by atoms with Gasteiger partial charge in [0.1, 0.15) is 10.0 Å². The second-order valence-electron chi connectivity index (χ2n) is 4.81. The topological polar surface area (TPSA) is 65.6 Å².